The van der Waals surface area contributed by atoms with Gasteiger partial charge in [0.1, 0.15) is 0 Å². The summed E-state index contributed by atoms with van der Waals surface area (Å²) < 4.78 is 0. The van der Waals surface area contributed by atoms with Crippen molar-refractivity contribution in [2.24, 2.45) is 5.92 Å². The Balaban J connectivity index is 1.76. The lowest BCUT2D eigenvalue weighted by molar-refractivity contribution is -0.143. The Morgan fingerprint density at radius 2 is 1.96 bits per heavy atom. The van der Waals surface area contributed by atoms with Crippen LogP contribution in [0.2, 0.25) is 0 Å². The zero-order chi connectivity index (χ0) is 17.9. The van der Waals surface area contributed by atoms with Crippen molar-refractivity contribution >= 4 is 16.7 Å². The van der Waals surface area contributed by atoms with Crippen LogP contribution in [0.3, 0.4) is 0 Å². The summed E-state index contributed by atoms with van der Waals surface area (Å²) in [7, 11) is 0. The van der Waals surface area contributed by atoms with E-state index in [0.717, 1.165) is 41.3 Å². The van der Waals surface area contributed by atoms with Crippen LogP contribution >= 0.6 is 0 Å². The van der Waals surface area contributed by atoms with Crippen LogP contribution in [0.5, 0.6) is 0 Å². The summed E-state index contributed by atoms with van der Waals surface area (Å²) in [4.78, 5) is 22.3. The monoisotopic (exact) mass is 347 g/mol. The molecule has 0 amide bonds. The van der Waals surface area contributed by atoms with E-state index in [-0.39, 0.29) is 12.0 Å². The summed E-state index contributed by atoms with van der Waals surface area (Å²) in [5.41, 5.74) is 2.25. The fourth-order valence-electron chi connectivity index (χ4n) is 3.87. The highest BCUT2D eigenvalue weighted by molar-refractivity contribution is 5.82. The molecular formula is C21H21N3O2. The second-order valence-electron chi connectivity index (χ2n) is 6.84. The number of pyridine rings is 2. The highest BCUT2D eigenvalue weighted by Crippen LogP contribution is 2.33. The second kappa shape index (κ2) is 7.22. The van der Waals surface area contributed by atoms with Crippen molar-refractivity contribution in [1.29, 1.82) is 0 Å². The molecule has 1 N–H and O–H groups in total. The number of nitrogens with zero attached hydrogens (tertiary/aromatic N) is 3. The molecule has 0 bridgehead atoms. The van der Waals surface area contributed by atoms with E-state index in [4.69, 9.17) is 0 Å². The molecule has 0 radical (unpaired) electrons. The molecule has 2 atom stereocenters. The van der Waals surface area contributed by atoms with E-state index < -0.39 is 5.97 Å². The average molecular weight is 347 g/mol. The number of fused-ring (bicyclic) bond motifs is 1. The lowest BCUT2D eigenvalue weighted by Gasteiger charge is -2.37. The first kappa shape index (κ1) is 16.7. The number of hydrogen-bond donors (Lipinski definition) is 1. The van der Waals surface area contributed by atoms with E-state index in [1.54, 1.807) is 12.4 Å². The minimum absolute atomic E-state index is 0.00316. The van der Waals surface area contributed by atoms with Gasteiger partial charge in [-0.2, -0.15) is 0 Å². The quantitative estimate of drug-likeness (QED) is 0.782. The molecule has 5 nitrogen and oxygen atoms in total. The van der Waals surface area contributed by atoms with Crippen LogP contribution in [0.1, 0.15) is 30.0 Å². The predicted octanol–water partition coefficient (Wildman–Crippen LogP) is 3.52. The fraction of sp³-hybridized carbons (Fsp3) is 0.286. The second-order valence-corrected chi connectivity index (χ2v) is 6.84. The van der Waals surface area contributed by atoms with Gasteiger partial charge in [-0.15, -0.1) is 0 Å². The van der Waals surface area contributed by atoms with Crippen molar-refractivity contribution in [1.82, 2.24) is 14.9 Å². The normalized spacial score (nSPS) is 19.3. The number of carbonyl (C=O) groups is 1. The zero-order valence-corrected chi connectivity index (χ0v) is 14.5. The first-order chi connectivity index (χ1) is 12.7. The molecule has 1 aromatic carbocycles. The summed E-state index contributed by atoms with van der Waals surface area (Å²) in [5, 5.41) is 11.7. The largest absolute Gasteiger partial charge is 0.481 e. The molecule has 0 aliphatic carbocycles. The van der Waals surface area contributed by atoms with Gasteiger partial charge in [-0.3, -0.25) is 19.7 Å². The van der Waals surface area contributed by atoms with Crippen molar-refractivity contribution in [2.75, 3.05) is 13.1 Å². The van der Waals surface area contributed by atoms with Crippen molar-refractivity contribution < 1.29 is 9.90 Å². The summed E-state index contributed by atoms with van der Waals surface area (Å²) in [6.07, 6.45) is 8.95. The van der Waals surface area contributed by atoms with Gasteiger partial charge >= 0.3 is 5.97 Å². The average Bonchev–Trinajstić information content (AvgIpc) is 2.69. The molecule has 0 spiro atoms. The van der Waals surface area contributed by atoms with E-state index >= 15 is 0 Å². The summed E-state index contributed by atoms with van der Waals surface area (Å²) >= 11 is 0. The molecule has 26 heavy (non-hydrogen) atoms. The maximum Gasteiger partial charge on any atom is 0.307 e. The van der Waals surface area contributed by atoms with Crippen molar-refractivity contribution in [2.45, 2.75) is 18.9 Å². The first-order valence-corrected chi connectivity index (χ1v) is 8.93. The van der Waals surface area contributed by atoms with Gasteiger partial charge in [-0.05, 0) is 54.1 Å². The lowest BCUT2D eigenvalue weighted by Crippen LogP contribution is -2.41. The molecule has 3 heterocycles. The third-order valence-electron chi connectivity index (χ3n) is 5.15. The maximum atomic E-state index is 11.5. The lowest BCUT2D eigenvalue weighted by atomic mass is 9.91. The molecule has 2 unspecified atom stereocenters. The molecule has 5 heteroatoms. The summed E-state index contributed by atoms with van der Waals surface area (Å²) in [6, 6.07) is 12.4. The van der Waals surface area contributed by atoms with Crippen LogP contribution in [-0.4, -0.2) is 39.0 Å². The maximum absolute atomic E-state index is 11.5. The first-order valence-electron chi connectivity index (χ1n) is 8.93. The van der Waals surface area contributed by atoms with Gasteiger partial charge in [0, 0.05) is 36.7 Å². The minimum atomic E-state index is -0.704. The zero-order valence-electron chi connectivity index (χ0n) is 14.5. The van der Waals surface area contributed by atoms with Crippen molar-refractivity contribution in [3.05, 3.63) is 72.3 Å². The number of likely N-dealkylation sites (tertiary alicyclic amines) is 1. The van der Waals surface area contributed by atoms with Crippen LogP contribution < -0.4 is 0 Å². The van der Waals surface area contributed by atoms with Gasteiger partial charge in [0.15, 0.2) is 0 Å². The number of aliphatic carboxylic acids is 1. The predicted molar refractivity (Wildman–Crippen MR) is 99.8 cm³/mol. The Kier molecular flexibility index (Phi) is 4.63. The van der Waals surface area contributed by atoms with Gasteiger partial charge in [0.05, 0.1) is 12.0 Å². The highest BCUT2D eigenvalue weighted by Gasteiger charge is 2.31. The van der Waals surface area contributed by atoms with Crippen molar-refractivity contribution in [3.63, 3.8) is 0 Å². The van der Waals surface area contributed by atoms with Gasteiger partial charge in [-0.1, -0.05) is 18.2 Å². The smallest absolute Gasteiger partial charge is 0.307 e. The third-order valence-corrected chi connectivity index (χ3v) is 5.15. The van der Waals surface area contributed by atoms with Gasteiger partial charge < -0.3 is 5.11 Å². The number of carboxylic acids is 1. The van der Waals surface area contributed by atoms with Crippen molar-refractivity contribution in [3.8, 4) is 0 Å². The van der Waals surface area contributed by atoms with E-state index in [2.05, 4.69) is 39.1 Å². The Morgan fingerprint density at radius 1 is 1.08 bits per heavy atom. The number of hydrogen-bond acceptors (Lipinski definition) is 4. The molecular weight excluding hydrogens is 326 g/mol. The Labute approximate surface area is 152 Å². The van der Waals surface area contributed by atoms with E-state index in [1.807, 2.05) is 24.5 Å². The number of rotatable bonds is 4. The number of aromatic nitrogens is 2. The summed E-state index contributed by atoms with van der Waals surface area (Å²) in [5.74, 6) is -1.02. The topological polar surface area (TPSA) is 66.3 Å². The van der Waals surface area contributed by atoms with E-state index in [0.29, 0.717) is 6.54 Å². The number of piperidine rings is 1. The van der Waals surface area contributed by atoms with Crippen LogP contribution in [0, 0.1) is 5.92 Å². The third kappa shape index (κ3) is 3.30. The van der Waals surface area contributed by atoms with Crippen LogP contribution in [0.25, 0.3) is 10.8 Å². The Morgan fingerprint density at radius 3 is 2.77 bits per heavy atom. The SMILES string of the molecule is O=C(O)C1CCCN(C(c2cccnc2)c2ccc3cnccc3c2)C1. The molecule has 1 saturated heterocycles. The molecule has 1 aliphatic rings. The van der Waals surface area contributed by atoms with Crippen LogP contribution in [-0.2, 0) is 4.79 Å². The Bertz CT molecular complexity index is 913. The standard InChI is InChI=1S/C21H21N3O2/c25-21(26)19-4-2-10-24(14-19)20(18-3-1-8-22-13-18)16-5-6-17-12-23-9-7-15(17)11-16/h1,3,5-9,11-13,19-20H,2,4,10,14H2,(H,25,26). The van der Waals surface area contributed by atoms with E-state index in [9.17, 15) is 9.90 Å². The highest BCUT2D eigenvalue weighted by atomic mass is 16.4. The number of benzene rings is 1. The molecule has 0 saturated carbocycles. The minimum Gasteiger partial charge on any atom is -0.481 e. The fourth-order valence-corrected chi connectivity index (χ4v) is 3.87. The van der Waals surface area contributed by atoms with Crippen LogP contribution in [0.4, 0.5) is 0 Å². The number of carboxylic acid groups (broad SMARTS) is 1. The van der Waals surface area contributed by atoms with Crippen LogP contribution in [0.15, 0.2) is 61.2 Å². The summed E-state index contributed by atoms with van der Waals surface area (Å²) in [6.45, 7) is 1.45. The van der Waals surface area contributed by atoms with Gasteiger partial charge in [-0.25, -0.2) is 0 Å². The molecule has 1 fully saturated rings. The van der Waals surface area contributed by atoms with Gasteiger partial charge in [0.2, 0.25) is 0 Å². The molecule has 4 rings (SSSR count). The molecule has 3 aromatic rings. The van der Waals surface area contributed by atoms with Gasteiger partial charge in [0.25, 0.3) is 0 Å². The van der Waals surface area contributed by atoms with E-state index in [1.165, 1.54) is 0 Å². The molecule has 2 aromatic heterocycles. The molecule has 132 valence electrons. The Hall–Kier alpha value is -2.79. The molecule has 1 aliphatic heterocycles.